The van der Waals surface area contributed by atoms with Gasteiger partial charge in [-0.3, -0.25) is 9.48 Å². The number of benzene rings is 2. The van der Waals surface area contributed by atoms with E-state index in [0.717, 1.165) is 10.9 Å². The fourth-order valence-corrected chi connectivity index (χ4v) is 2.76. The first-order valence-corrected chi connectivity index (χ1v) is 8.05. The maximum Gasteiger partial charge on any atom is 0.435 e. The molecule has 0 unspecified atom stereocenters. The minimum atomic E-state index is -4.84. The fourth-order valence-electron chi connectivity index (χ4n) is 2.76. The molecule has 0 bridgehead atoms. The van der Waals surface area contributed by atoms with Gasteiger partial charge in [0, 0.05) is 36.0 Å². The normalized spacial score (nSPS) is 11.5. The molecule has 1 heterocycles. The van der Waals surface area contributed by atoms with Crippen molar-refractivity contribution in [2.75, 3.05) is 5.32 Å². The lowest BCUT2D eigenvalue weighted by atomic mass is 10.0. The van der Waals surface area contributed by atoms with Crippen LogP contribution in [0.5, 0.6) is 0 Å². The monoisotopic (exact) mass is 395 g/mol. The van der Waals surface area contributed by atoms with Crippen molar-refractivity contribution in [1.82, 2.24) is 9.78 Å². The molecular weight excluding hydrogens is 381 g/mol. The number of aromatic nitrogens is 2. The number of rotatable bonds is 3. The van der Waals surface area contributed by atoms with Gasteiger partial charge in [0.05, 0.1) is 5.69 Å². The van der Waals surface area contributed by atoms with Crippen molar-refractivity contribution in [2.24, 2.45) is 7.05 Å². The molecule has 0 aliphatic carbocycles. The molecule has 0 aliphatic heterocycles. The van der Waals surface area contributed by atoms with Crippen LogP contribution >= 0.6 is 0 Å². The zero-order valence-electron chi connectivity index (χ0n) is 14.7. The number of nitrogens with one attached hydrogen (secondary N) is 1. The maximum atomic E-state index is 14.5. The van der Waals surface area contributed by atoms with E-state index in [4.69, 9.17) is 0 Å². The molecule has 2 aromatic carbocycles. The van der Waals surface area contributed by atoms with Gasteiger partial charge in [0.25, 0.3) is 5.91 Å². The molecule has 0 radical (unpaired) electrons. The van der Waals surface area contributed by atoms with E-state index in [2.05, 4.69) is 10.4 Å². The molecule has 0 saturated carbocycles. The van der Waals surface area contributed by atoms with E-state index in [0.29, 0.717) is 17.7 Å². The number of carbonyl (C=O) groups is 1. The smallest absolute Gasteiger partial charge is 0.319 e. The summed E-state index contributed by atoms with van der Waals surface area (Å²) >= 11 is 0. The van der Waals surface area contributed by atoms with Crippen molar-refractivity contribution in [3.05, 3.63) is 71.1 Å². The molecule has 3 rings (SSSR count). The molecule has 1 amide bonds. The number of hydrogen-bond donors (Lipinski definition) is 1. The fraction of sp³-hybridized carbons (Fsp3) is 0.158. The minimum Gasteiger partial charge on any atom is -0.319 e. The van der Waals surface area contributed by atoms with Crippen molar-refractivity contribution in [3.8, 4) is 11.1 Å². The van der Waals surface area contributed by atoms with Crippen LogP contribution in [-0.4, -0.2) is 15.7 Å². The maximum absolute atomic E-state index is 14.5. The molecule has 0 saturated heterocycles. The molecule has 9 heteroatoms. The lowest BCUT2D eigenvalue weighted by Gasteiger charge is -2.11. The summed E-state index contributed by atoms with van der Waals surface area (Å²) in [6, 6.07) is 7.77. The Morgan fingerprint density at radius 3 is 2.39 bits per heavy atom. The Hall–Kier alpha value is -3.23. The molecule has 0 fully saturated rings. The van der Waals surface area contributed by atoms with E-state index in [9.17, 15) is 26.7 Å². The van der Waals surface area contributed by atoms with E-state index in [1.54, 1.807) is 25.1 Å². The minimum absolute atomic E-state index is 0.262. The molecule has 28 heavy (non-hydrogen) atoms. The van der Waals surface area contributed by atoms with E-state index in [1.807, 2.05) is 0 Å². The van der Waals surface area contributed by atoms with Crippen molar-refractivity contribution in [3.63, 3.8) is 0 Å². The Kier molecular flexibility index (Phi) is 4.93. The summed E-state index contributed by atoms with van der Waals surface area (Å²) in [7, 11) is 1.24. The third-order valence-electron chi connectivity index (χ3n) is 4.08. The summed E-state index contributed by atoms with van der Waals surface area (Å²) in [5.74, 6) is -2.86. The van der Waals surface area contributed by atoms with Crippen LogP contribution in [0.3, 0.4) is 0 Å². The van der Waals surface area contributed by atoms with Gasteiger partial charge in [-0.2, -0.15) is 18.3 Å². The van der Waals surface area contributed by atoms with Crippen LogP contribution in [0.4, 0.5) is 27.6 Å². The molecule has 1 aromatic heterocycles. The summed E-state index contributed by atoms with van der Waals surface area (Å²) in [6.07, 6.45) is -3.89. The Balaban J connectivity index is 1.99. The highest BCUT2D eigenvalue weighted by molar-refractivity contribution is 6.05. The topological polar surface area (TPSA) is 46.9 Å². The largest absolute Gasteiger partial charge is 0.435 e. The van der Waals surface area contributed by atoms with Crippen LogP contribution in [0.15, 0.2) is 42.6 Å². The average Bonchev–Trinajstić information content (AvgIpc) is 3.00. The lowest BCUT2D eigenvalue weighted by molar-refractivity contribution is -0.141. The van der Waals surface area contributed by atoms with Gasteiger partial charge < -0.3 is 5.32 Å². The molecule has 1 N–H and O–H groups in total. The highest BCUT2D eigenvalue weighted by Crippen LogP contribution is 2.38. The van der Waals surface area contributed by atoms with E-state index < -0.39 is 46.2 Å². The van der Waals surface area contributed by atoms with Crippen LogP contribution in [0, 0.1) is 18.6 Å². The Labute approximate surface area is 156 Å². The van der Waals surface area contributed by atoms with Gasteiger partial charge in [-0.1, -0.05) is 18.2 Å². The highest BCUT2D eigenvalue weighted by Gasteiger charge is 2.38. The third kappa shape index (κ3) is 3.73. The van der Waals surface area contributed by atoms with Crippen LogP contribution in [0.2, 0.25) is 0 Å². The summed E-state index contributed by atoms with van der Waals surface area (Å²) in [5, 5.41) is 5.52. The van der Waals surface area contributed by atoms with Crippen molar-refractivity contribution >= 4 is 11.6 Å². The van der Waals surface area contributed by atoms with Gasteiger partial charge in [0.15, 0.2) is 5.69 Å². The van der Waals surface area contributed by atoms with Gasteiger partial charge in [-0.05, 0) is 24.6 Å². The number of alkyl halides is 3. The number of nitrogens with zero attached hydrogens (tertiary/aromatic N) is 2. The lowest BCUT2D eigenvalue weighted by Crippen LogP contribution is -2.14. The number of aryl methyl sites for hydroxylation is 2. The van der Waals surface area contributed by atoms with Crippen LogP contribution in [-0.2, 0) is 13.2 Å². The highest BCUT2D eigenvalue weighted by atomic mass is 19.4. The first-order valence-electron chi connectivity index (χ1n) is 8.05. The SMILES string of the molecule is Cc1ccccc1C(=O)Nc1cc(F)c(-c2cn(C)nc2C(F)(F)F)cc1F. The van der Waals surface area contributed by atoms with Gasteiger partial charge in [0.2, 0.25) is 0 Å². The number of carbonyl (C=O) groups excluding carboxylic acids is 1. The second-order valence-electron chi connectivity index (χ2n) is 6.14. The number of anilines is 1. The predicted molar refractivity (Wildman–Crippen MR) is 92.7 cm³/mol. The Morgan fingerprint density at radius 2 is 1.75 bits per heavy atom. The number of hydrogen-bond acceptors (Lipinski definition) is 2. The first-order chi connectivity index (χ1) is 13.1. The molecule has 0 spiro atoms. The van der Waals surface area contributed by atoms with E-state index >= 15 is 0 Å². The zero-order chi connectivity index (χ0) is 20.6. The van der Waals surface area contributed by atoms with E-state index in [-0.39, 0.29) is 5.56 Å². The predicted octanol–water partition coefficient (Wildman–Crippen LogP) is 4.94. The molecular formula is C19H14F5N3O. The van der Waals surface area contributed by atoms with Gasteiger partial charge >= 0.3 is 6.18 Å². The average molecular weight is 395 g/mol. The van der Waals surface area contributed by atoms with Crippen molar-refractivity contribution in [2.45, 2.75) is 13.1 Å². The summed E-state index contributed by atoms with van der Waals surface area (Å²) in [6.45, 7) is 1.68. The zero-order valence-corrected chi connectivity index (χ0v) is 14.7. The quantitative estimate of drug-likeness (QED) is 0.639. The van der Waals surface area contributed by atoms with E-state index in [1.165, 1.54) is 13.1 Å². The Bertz CT molecular complexity index is 1060. The van der Waals surface area contributed by atoms with Crippen LogP contribution < -0.4 is 5.32 Å². The van der Waals surface area contributed by atoms with Gasteiger partial charge in [0.1, 0.15) is 11.6 Å². The van der Waals surface area contributed by atoms with Gasteiger partial charge in [-0.15, -0.1) is 0 Å². The van der Waals surface area contributed by atoms with Crippen LogP contribution in [0.25, 0.3) is 11.1 Å². The molecule has 3 aromatic rings. The van der Waals surface area contributed by atoms with Gasteiger partial charge in [-0.25, -0.2) is 8.78 Å². The second-order valence-corrected chi connectivity index (χ2v) is 6.14. The summed E-state index contributed by atoms with van der Waals surface area (Å²) in [5.41, 5.74) is -2.12. The standard InChI is InChI=1S/C19H14F5N3O/c1-10-5-3-4-6-11(10)18(28)25-16-8-14(20)12(7-15(16)21)13-9-27(2)26-17(13)19(22,23)24/h3-9H,1-2H3,(H,25,28). The molecule has 0 aliphatic rings. The number of amides is 1. The van der Waals surface area contributed by atoms with Crippen molar-refractivity contribution < 1.29 is 26.7 Å². The molecule has 4 nitrogen and oxygen atoms in total. The second kappa shape index (κ2) is 7.06. The third-order valence-corrected chi connectivity index (χ3v) is 4.08. The molecule has 146 valence electrons. The summed E-state index contributed by atoms with van der Waals surface area (Å²) in [4.78, 5) is 12.3. The molecule has 0 atom stereocenters. The summed E-state index contributed by atoms with van der Waals surface area (Å²) < 4.78 is 69.1. The first kappa shape index (κ1) is 19.5. The van der Waals surface area contributed by atoms with Crippen molar-refractivity contribution in [1.29, 1.82) is 0 Å². The number of halogens is 5. The van der Waals surface area contributed by atoms with Crippen LogP contribution in [0.1, 0.15) is 21.6 Å². The Morgan fingerprint density at radius 1 is 1.07 bits per heavy atom.